The molecule has 0 amide bonds. The highest BCUT2D eigenvalue weighted by molar-refractivity contribution is 8.33. The van der Waals surface area contributed by atoms with Gasteiger partial charge < -0.3 is 9.47 Å². The molecule has 24 heavy (non-hydrogen) atoms. The van der Waals surface area contributed by atoms with Gasteiger partial charge in [-0.15, -0.1) is 0 Å². The molecule has 0 spiro atoms. The van der Waals surface area contributed by atoms with Gasteiger partial charge in [0, 0.05) is 23.5 Å². The van der Waals surface area contributed by atoms with Gasteiger partial charge >= 0.3 is 15.6 Å². The zero-order chi connectivity index (χ0) is 18.0. The highest BCUT2D eigenvalue weighted by Crippen LogP contribution is 2.63. The molecule has 3 unspecified atom stereocenters. The molecule has 1 saturated heterocycles. The van der Waals surface area contributed by atoms with Gasteiger partial charge in [-0.05, 0) is 25.5 Å². The van der Waals surface area contributed by atoms with E-state index < -0.39 is 38.3 Å². The average Bonchev–Trinajstić information content (AvgIpc) is 2.90. The summed E-state index contributed by atoms with van der Waals surface area (Å²) in [7, 11) is -6.92. The average molecular weight is 388 g/mol. The molecule has 1 fully saturated rings. The molecule has 1 aliphatic rings. The van der Waals surface area contributed by atoms with E-state index in [4.69, 9.17) is 13.1 Å². The number of alkyl halides is 3. The minimum Gasteiger partial charge on any atom is -0.356 e. The number of hydrogen-bond acceptors (Lipinski definition) is 5. The number of rotatable bonds is 6. The van der Waals surface area contributed by atoms with Gasteiger partial charge in [0.05, 0.1) is 6.10 Å². The Morgan fingerprint density at radius 3 is 2.42 bits per heavy atom. The van der Waals surface area contributed by atoms with E-state index in [1.165, 1.54) is 7.11 Å². The third-order valence-electron chi connectivity index (χ3n) is 3.62. The molecule has 3 atom stereocenters. The van der Waals surface area contributed by atoms with Crippen LogP contribution in [0.5, 0.6) is 0 Å². The monoisotopic (exact) mass is 388 g/mol. The fourth-order valence-corrected chi connectivity index (χ4v) is 7.64. The van der Waals surface area contributed by atoms with E-state index >= 15 is 0 Å². The Bertz CT molecular complexity index is 650. The molecule has 0 aliphatic carbocycles. The summed E-state index contributed by atoms with van der Waals surface area (Å²) in [6.07, 6.45) is -0.579. The number of halogens is 3. The Kier molecular flexibility index (Phi) is 5.86. The Morgan fingerprint density at radius 2 is 1.88 bits per heavy atom. The second-order valence-corrected chi connectivity index (χ2v) is 10.1. The first-order valence-corrected chi connectivity index (χ1v) is 10.4. The summed E-state index contributed by atoms with van der Waals surface area (Å²) in [6.45, 7) is 1.66. The van der Waals surface area contributed by atoms with E-state index in [9.17, 15) is 21.6 Å². The van der Waals surface area contributed by atoms with Crippen molar-refractivity contribution < 1.29 is 34.7 Å². The molecule has 1 aromatic carbocycles. The van der Waals surface area contributed by atoms with E-state index in [1.807, 2.05) is 0 Å². The van der Waals surface area contributed by atoms with Crippen LogP contribution in [0, 0.1) is 0 Å². The summed E-state index contributed by atoms with van der Waals surface area (Å²) < 4.78 is 76.9. The maximum absolute atomic E-state index is 12.8. The molecule has 1 aromatic rings. The molecule has 10 heteroatoms. The Labute approximate surface area is 140 Å². The van der Waals surface area contributed by atoms with Crippen LogP contribution in [0.4, 0.5) is 13.2 Å². The standard InChI is InChI=1S/C14H19F3O5S2/c1-11(20-2)21-12-8-9-23(10-12,13-6-4-3-5-7-13)22-24(18,19)14(15,16)17/h3-7,11-12H,8-10H2,1-2H3. The Balaban J connectivity index is 2.32. The molecule has 1 aliphatic heterocycles. The largest absolute Gasteiger partial charge is 0.523 e. The van der Waals surface area contributed by atoms with Gasteiger partial charge in [-0.25, -0.2) is 3.63 Å². The van der Waals surface area contributed by atoms with E-state index in [0.717, 1.165) is 0 Å². The summed E-state index contributed by atoms with van der Waals surface area (Å²) in [4.78, 5) is 0.453. The van der Waals surface area contributed by atoms with Crippen LogP contribution in [0.25, 0.3) is 0 Å². The molecule has 0 N–H and O–H groups in total. The normalized spacial score (nSPS) is 29.1. The van der Waals surface area contributed by atoms with Gasteiger partial charge in [-0.2, -0.15) is 21.6 Å². The van der Waals surface area contributed by atoms with E-state index in [0.29, 0.717) is 11.3 Å². The zero-order valence-corrected chi connectivity index (χ0v) is 14.8. The van der Waals surface area contributed by atoms with Crippen molar-refractivity contribution in [2.45, 2.75) is 36.1 Å². The van der Waals surface area contributed by atoms with Crippen LogP contribution in [-0.2, 0) is 23.2 Å². The van der Waals surface area contributed by atoms with Crippen molar-refractivity contribution in [3.05, 3.63) is 30.3 Å². The van der Waals surface area contributed by atoms with Gasteiger partial charge in [0.1, 0.15) is 0 Å². The summed E-state index contributed by atoms with van der Waals surface area (Å²) in [5, 5.41) is 0. The number of ether oxygens (including phenoxy) is 2. The van der Waals surface area contributed by atoms with Crippen LogP contribution in [0.1, 0.15) is 13.3 Å². The minimum atomic E-state index is -5.69. The lowest BCUT2D eigenvalue weighted by atomic mass is 10.3. The maximum atomic E-state index is 12.8. The van der Waals surface area contributed by atoms with Crippen LogP contribution >= 0.6 is 10.3 Å². The highest BCUT2D eigenvalue weighted by atomic mass is 32.3. The summed E-state index contributed by atoms with van der Waals surface area (Å²) >= 11 is 0. The second kappa shape index (κ2) is 7.20. The van der Waals surface area contributed by atoms with Crippen LogP contribution < -0.4 is 0 Å². The first-order valence-electron chi connectivity index (χ1n) is 7.14. The van der Waals surface area contributed by atoms with Crippen molar-refractivity contribution in [1.29, 1.82) is 0 Å². The number of hydrogen-bond donors (Lipinski definition) is 0. The van der Waals surface area contributed by atoms with Gasteiger partial charge in [0.2, 0.25) is 0 Å². The van der Waals surface area contributed by atoms with Crippen molar-refractivity contribution >= 4 is 20.4 Å². The SMILES string of the molecule is COC(C)OC1CCS(OS(=O)(=O)C(F)(F)F)(c2ccccc2)C1. The predicted molar refractivity (Wildman–Crippen MR) is 84.1 cm³/mol. The molecule has 0 radical (unpaired) electrons. The lowest BCUT2D eigenvalue weighted by Crippen LogP contribution is -2.29. The molecule has 0 bridgehead atoms. The summed E-state index contributed by atoms with van der Waals surface area (Å²) in [5.41, 5.74) is -5.46. The smallest absolute Gasteiger partial charge is 0.356 e. The molecular weight excluding hydrogens is 369 g/mol. The molecule has 138 valence electrons. The van der Waals surface area contributed by atoms with Crippen LogP contribution in [-0.4, -0.2) is 44.9 Å². The van der Waals surface area contributed by atoms with E-state index in [1.54, 1.807) is 37.3 Å². The fraction of sp³-hybridized carbons (Fsp3) is 0.571. The first-order chi connectivity index (χ1) is 11.1. The lowest BCUT2D eigenvalue weighted by molar-refractivity contribution is -0.136. The fourth-order valence-electron chi connectivity index (χ4n) is 2.42. The Morgan fingerprint density at radius 1 is 1.25 bits per heavy atom. The highest BCUT2D eigenvalue weighted by Gasteiger charge is 2.53. The maximum Gasteiger partial charge on any atom is 0.523 e. The topological polar surface area (TPSA) is 61.8 Å². The van der Waals surface area contributed by atoms with Crippen LogP contribution in [0.3, 0.4) is 0 Å². The number of methoxy groups -OCH3 is 1. The van der Waals surface area contributed by atoms with Crippen molar-refractivity contribution in [1.82, 2.24) is 0 Å². The third kappa shape index (κ3) is 4.23. The molecule has 0 saturated carbocycles. The van der Waals surface area contributed by atoms with Crippen molar-refractivity contribution in [2.75, 3.05) is 18.6 Å². The Hall–Kier alpha value is -0.810. The summed E-state index contributed by atoms with van der Waals surface area (Å²) in [5.74, 6) is 0.243. The molecule has 2 rings (SSSR count). The van der Waals surface area contributed by atoms with Crippen LogP contribution in [0.2, 0.25) is 0 Å². The van der Waals surface area contributed by atoms with Gasteiger partial charge in [-0.3, -0.25) is 0 Å². The molecule has 0 aromatic heterocycles. The van der Waals surface area contributed by atoms with Gasteiger partial charge in [-0.1, -0.05) is 28.5 Å². The predicted octanol–water partition coefficient (Wildman–Crippen LogP) is 3.41. The van der Waals surface area contributed by atoms with Gasteiger partial charge in [0.15, 0.2) is 6.29 Å². The lowest BCUT2D eigenvalue weighted by Gasteiger charge is -2.34. The molecule has 5 nitrogen and oxygen atoms in total. The van der Waals surface area contributed by atoms with Crippen molar-refractivity contribution in [3.8, 4) is 0 Å². The number of benzene rings is 1. The third-order valence-corrected chi connectivity index (χ3v) is 8.88. The van der Waals surface area contributed by atoms with Crippen molar-refractivity contribution in [2.24, 2.45) is 0 Å². The minimum absolute atomic E-state index is 0.0695. The van der Waals surface area contributed by atoms with Gasteiger partial charge in [0.25, 0.3) is 0 Å². The second-order valence-electron chi connectivity index (χ2n) is 5.31. The van der Waals surface area contributed by atoms with Crippen LogP contribution in [0.15, 0.2) is 35.2 Å². The van der Waals surface area contributed by atoms with E-state index in [-0.39, 0.29) is 11.5 Å². The zero-order valence-electron chi connectivity index (χ0n) is 13.2. The van der Waals surface area contributed by atoms with Crippen molar-refractivity contribution in [3.63, 3.8) is 0 Å². The molecular formula is C14H19F3O5S2. The summed E-state index contributed by atoms with van der Waals surface area (Å²) in [6, 6.07) is 8.15. The first kappa shape index (κ1) is 19.5. The quantitative estimate of drug-likeness (QED) is 0.552. The van der Waals surface area contributed by atoms with E-state index in [2.05, 4.69) is 0 Å². The molecule has 1 heterocycles.